The average Bonchev–Trinajstić information content (AvgIpc) is 3.54. The number of para-hydroxylation sites is 1. The maximum Gasteiger partial charge on any atom is 0.305 e. The number of H-pyrrole nitrogens is 1. The van der Waals surface area contributed by atoms with Crippen molar-refractivity contribution in [2.45, 2.75) is 29.5 Å². The van der Waals surface area contributed by atoms with Crippen LogP contribution in [0, 0.1) is 36.5 Å². The van der Waals surface area contributed by atoms with Crippen molar-refractivity contribution in [3.63, 3.8) is 0 Å². The molecule has 7 atom stereocenters. The molecular formula is C26H22N2O3S2. The number of carbonyl (C=O) groups is 2. The third kappa shape index (κ3) is 2.58. The molecule has 0 radical (unpaired) electrons. The zero-order valence-electron chi connectivity index (χ0n) is 17.9. The van der Waals surface area contributed by atoms with Crippen LogP contribution in [0.4, 0.5) is 5.69 Å². The van der Waals surface area contributed by atoms with Crippen molar-refractivity contribution in [1.29, 1.82) is 0 Å². The minimum Gasteiger partial charge on any atom is -0.307 e. The zero-order chi connectivity index (χ0) is 22.4. The van der Waals surface area contributed by atoms with Gasteiger partial charge in [0, 0.05) is 16.0 Å². The first-order valence-corrected chi connectivity index (χ1v) is 13.1. The van der Waals surface area contributed by atoms with Gasteiger partial charge in [0.05, 0.1) is 22.5 Å². The molecule has 5 nitrogen and oxygen atoms in total. The molecule has 3 heterocycles. The topological polar surface area (TPSA) is 70.2 Å². The molecular weight excluding hydrogens is 452 g/mol. The number of aromatic nitrogens is 1. The van der Waals surface area contributed by atoms with Gasteiger partial charge in [-0.3, -0.25) is 19.3 Å². The molecule has 1 aromatic heterocycles. The Labute approximate surface area is 199 Å². The largest absolute Gasteiger partial charge is 0.307 e. The number of hydrogen-bond acceptors (Lipinski definition) is 5. The highest BCUT2D eigenvalue weighted by molar-refractivity contribution is 8.00. The molecule has 2 saturated carbocycles. The number of thiazole rings is 1. The van der Waals surface area contributed by atoms with E-state index in [0.29, 0.717) is 5.69 Å². The summed E-state index contributed by atoms with van der Waals surface area (Å²) in [6.07, 6.45) is 0.916. The number of amides is 2. The Morgan fingerprint density at radius 1 is 0.909 bits per heavy atom. The Morgan fingerprint density at radius 2 is 1.61 bits per heavy atom. The number of thioether (sulfide) groups is 1. The number of benzene rings is 2. The van der Waals surface area contributed by atoms with Gasteiger partial charge in [-0.1, -0.05) is 53.8 Å². The van der Waals surface area contributed by atoms with Gasteiger partial charge in [-0.25, -0.2) is 0 Å². The smallest absolute Gasteiger partial charge is 0.305 e. The van der Waals surface area contributed by atoms with Gasteiger partial charge in [0.2, 0.25) is 11.8 Å². The number of imide groups is 1. The van der Waals surface area contributed by atoms with E-state index in [-0.39, 0.29) is 57.4 Å². The average molecular weight is 475 g/mol. The number of anilines is 1. The number of hydrogen-bond donors (Lipinski definition) is 1. The summed E-state index contributed by atoms with van der Waals surface area (Å²) in [5.74, 6) is 0.0494. The summed E-state index contributed by atoms with van der Waals surface area (Å²) < 4.78 is 0. The lowest BCUT2D eigenvalue weighted by Gasteiger charge is -2.43. The van der Waals surface area contributed by atoms with E-state index >= 15 is 0 Å². The molecule has 3 aromatic rings. The Balaban J connectivity index is 1.36. The van der Waals surface area contributed by atoms with Gasteiger partial charge in [0.15, 0.2) is 0 Å². The van der Waals surface area contributed by atoms with Crippen molar-refractivity contribution in [1.82, 2.24) is 4.98 Å². The maximum absolute atomic E-state index is 13.7. The Bertz CT molecular complexity index is 1360. The van der Waals surface area contributed by atoms with Crippen molar-refractivity contribution < 1.29 is 9.59 Å². The molecule has 3 fully saturated rings. The quantitative estimate of drug-likeness (QED) is 0.558. The normalized spacial score (nSPS) is 33.8. The van der Waals surface area contributed by atoms with E-state index in [1.165, 1.54) is 27.4 Å². The standard InChI is InChI=1S/C26H22N2O3S2/c1-12-7-5-6-10-14(12)17-18-15-11-16(21(18)32-23-22(17)33-26(31)27-23)20-19(15)24(29)28(25(20)30)13-8-3-2-4-9-13/h2-10,15-21H,11H2,1H3,(H,27,31)/t15?,16?,17-,18?,19?,20?,21?/m1/s1. The van der Waals surface area contributed by atoms with E-state index < -0.39 is 0 Å². The highest BCUT2D eigenvalue weighted by Crippen LogP contribution is 2.68. The lowest BCUT2D eigenvalue weighted by Crippen LogP contribution is -2.42. The molecule has 1 N–H and O–H groups in total. The highest BCUT2D eigenvalue weighted by atomic mass is 32.2. The van der Waals surface area contributed by atoms with Crippen molar-refractivity contribution >= 4 is 40.6 Å². The van der Waals surface area contributed by atoms with Gasteiger partial charge in [-0.05, 0) is 54.4 Å². The molecule has 2 aromatic carbocycles. The second kappa shape index (κ2) is 6.93. The molecule has 4 aliphatic rings. The van der Waals surface area contributed by atoms with Crippen LogP contribution in [0.3, 0.4) is 0 Å². The monoisotopic (exact) mass is 474 g/mol. The lowest BCUT2D eigenvalue weighted by molar-refractivity contribution is -0.123. The molecule has 2 aliphatic heterocycles. The Kier molecular flexibility index (Phi) is 4.16. The van der Waals surface area contributed by atoms with Crippen molar-refractivity contribution in [2.24, 2.45) is 29.6 Å². The molecule has 6 unspecified atom stereocenters. The summed E-state index contributed by atoms with van der Waals surface area (Å²) in [7, 11) is 0. The first kappa shape index (κ1) is 19.8. The van der Waals surface area contributed by atoms with E-state index in [1.807, 2.05) is 36.4 Å². The number of aryl methyl sites for hydroxylation is 1. The summed E-state index contributed by atoms with van der Waals surface area (Å²) in [6.45, 7) is 2.12. The fourth-order valence-corrected chi connectivity index (χ4v) is 10.0. The van der Waals surface area contributed by atoms with Gasteiger partial charge in [-0.2, -0.15) is 0 Å². The molecule has 166 valence electrons. The van der Waals surface area contributed by atoms with Crippen LogP contribution < -0.4 is 9.77 Å². The second-order valence-electron chi connectivity index (χ2n) is 9.66. The second-order valence-corrected chi connectivity index (χ2v) is 11.9. The maximum atomic E-state index is 13.7. The van der Waals surface area contributed by atoms with Crippen LogP contribution in [0.15, 0.2) is 64.4 Å². The summed E-state index contributed by atoms with van der Waals surface area (Å²) in [6, 6.07) is 17.7. The van der Waals surface area contributed by atoms with Crippen molar-refractivity contribution in [3.8, 4) is 0 Å². The fraction of sp³-hybridized carbons (Fsp3) is 0.346. The Hall–Kier alpha value is -2.64. The fourth-order valence-electron chi connectivity index (χ4n) is 7.13. The lowest BCUT2D eigenvalue weighted by atomic mass is 9.67. The first-order valence-electron chi connectivity index (χ1n) is 11.4. The van der Waals surface area contributed by atoms with Gasteiger partial charge in [0.25, 0.3) is 0 Å². The van der Waals surface area contributed by atoms with Crippen LogP contribution in [0.2, 0.25) is 0 Å². The number of aromatic amines is 1. The third-order valence-electron chi connectivity index (χ3n) is 8.26. The molecule has 33 heavy (non-hydrogen) atoms. The van der Waals surface area contributed by atoms with E-state index in [1.54, 1.807) is 11.8 Å². The summed E-state index contributed by atoms with van der Waals surface area (Å²) in [5, 5.41) is 1.19. The van der Waals surface area contributed by atoms with Gasteiger partial charge in [0.1, 0.15) is 0 Å². The Morgan fingerprint density at radius 3 is 2.36 bits per heavy atom. The van der Waals surface area contributed by atoms with Crippen LogP contribution >= 0.6 is 23.1 Å². The van der Waals surface area contributed by atoms with E-state index in [0.717, 1.165) is 16.3 Å². The van der Waals surface area contributed by atoms with Gasteiger partial charge in [-0.15, -0.1) is 11.8 Å². The molecule has 2 bridgehead atoms. The number of fused-ring (bicyclic) bond motifs is 9. The van der Waals surface area contributed by atoms with Crippen LogP contribution in [-0.4, -0.2) is 22.0 Å². The minimum absolute atomic E-state index is 0.0268. The molecule has 2 amide bonds. The summed E-state index contributed by atoms with van der Waals surface area (Å²) >= 11 is 3.05. The summed E-state index contributed by atoms with van der Waals surface area (Å²) in [4.78, 5) is 45.2. The zero-order valence-corrected chi connectivity index (χ0v) is 19.6. The SMILES string of the molecule is Cc1ccccc1[C@H]1c2sc(=O)[nH]c2SC2C3CC(C4C(=O)N(c5ccccc5)C(=O)C34)C21. The number of nitrogens with one attached hydrogen (secondary N) is 1. The summed E-state index contributed by atoms with van der Waals surface area (Å²) in [5.41, 5.74) is 3.12. The minimum atomic E-state index is -0.256. The van der Waals surface area contributed by atoms with Gasteiger partial charge >= 0.3 is 4.87 Å². The van der Waals surface area contributed by atoms with Crippen molar-refractivity contribution in [2.75, 3.05) is 4.90 Å². The van der Waals surface area contributed by atoms with Crippen LogP contribution in [0.1, 0.15) is 28.3 Å². The first-order chi connectivity index (χ1) is 16.0. The van der Waals surface area contributed by atoms with E-state index in [9.17, 15) is 14.4 Å². The third-order valence-corrected chi connectivity index (χ3v) is 10.9. The van der Waals surface area contributed by atoms with Crippen LogP contribution in [-0.2, 0) is 9.59 Å². The van der Waals surface area contributed by atoms with Crippen LogP contribution in [0.25, 0.3) is 0 Å². The molecule has 2 aliphatic carbocycles. The molecule has 0 spiro atoms. The number of carbonyl (C=O) groups excluding carboxylic acids is 2. The predicted octanol–water partition coefficient (Wildman–Crippen LogP) is 4.42. The van der Waals surface area contributed by atoms with Crippen LogP contribution in [0.5, 0.6) is 0 Å². The predicted molar refractivity (Wildman–Crippen MR) is 129 cm³/mol. The molecule has 7 heteroatoms. The van der Waals surface area contributed by atoms with Crippen molar-refractivity contribution in [3.05, 3.63) is 80.3 Å². The van der Waals surface area contributed by atoms with E-state index in [4.69, 9.17) is 0 Å². The molecule has 1 saturated heterocycles. The van der Waals surface area contributed by atoms with E-state index in [2.05, 4.69) is 30.1 Å². The number of rotatable bonds is 2. The molecule has 7 rings (SSSR count). The number of nitrogens with zero attached hydrogens (tertiary/aromatic N) is 1. The highest BCUT2D eigenvalue weighted by Gasteiger charge is 2.69. The van der Waals surface area contributed by atoms with Gasteiger partial charge < -0.3 is 4.98 Å².